The highest BCUT2D eigenvalue weighted by molar-refractivity contribution is 5.95. The molecule has 1 amide bonds. The third-order valence-corrected chi connectivity index (χ3v) is 3.99. The molecule has 5 nitrogen and oxygen atoms in total. The summed E-state index contributed by atoms with van der Waals surface area (Å²) in [6, 6.07) is 7.25. The van der Waals surface area contributed by atoms with E-state index in [0.29, 0.717) is 43.5 Å². The highest BCUT2D eigenvalue weighted by Gasteiger charge is 2.29. The zero-order valence-electron chi connectivity index (χ0n) is 14.8. The van der Waals surface area contributed by atoms with Crippen LogP contribution < -0.4 is 4.74 Å². The van der Waals surface area contributed by atoms with Crippen molar-refractivity contribution < 1.29 is 19.1 Å². The Hall–Kier alpha value is -2.04. The lowest BCUT2D eigenvalue weighted by atomic mass is 9.97. The molecule has 1 aliphatic rings. The van der Waals surface area contributed by atoms with Crippen LogP contribution in [0.5, 0.6) is 5.75 Å². The first-order chi connectivity index (χ1) is 11.5. The van der Waals surface area contributed by atoms with Gasteiger partial charge in [0, 0.05) is 18.7 Å². The van der Waals surface area contributed by atoms with Crippen LogP contribution in [0.25, 0.3) is 0 Å². The van der Waals surface area contributed by atoms with Gasteiger partial charge in [0.1, 0.15) is 5.75 Å². The van der Waals surface area contributed by atoms with Crippen molar-refractivity contribution in [1.82, 2.24) is 4.90 Å². The molecule has 5 heteroatoms. The summed E-state index contributed by atoms with van der Waals surface area (Å²) < 4.78 is 10.8. The number of ether oxygens (including phenoxy) is 2. The normalized spacial score (nSPS) is 17.7. The largest absolute Gasteiger partial charge is 0.493 e. The average molecular weight is 333 g/mol. The van der Waals surface area contributed by atoms with Gasteiger partial charge in [-0.2, -0.15) is 0 Å². The van der Waals surface area contributed by atoms with Crippen LogP contribution in [-0.4, -0.2) is 43.1 Å². The fraction of sp³-hybridized carbons (Fsp3) is 0.579. The van der Waals surface area contributed by atoms with E-state index in [4.69, 9.17) is 9.47 Å². The summed E-state index contributed by atoms with van der Waals surface area (Å²) in [6.45, 7) is 8.05. The van der Waals surface area contributed by atoms with E-state index in [1.165, 1.54) is 0 Å². The van der Waals surface area contributed by atoms with Gasteiger partial charge in [-0.25, -0.2) is 0 Å². The van der Waals surface area contributed by atoms with Gasteiger partial charge in [-0.05, 0) is 43.9 Å². The van der Waals surface area contributed by atoms with Crippen LogP contribution in [0.15, 0.2) is 24.3 Å². The number of rotatable bonds is 6. The summed E-state index contributed by atoms with van der Waals surface area (Å²) in [4.78, 5) is 26.4. The van der Waals surface area contributed by atoms with E-state index in [1.807, 2.05) is 12.1 Å². The van der Waals surface area contributed by atoms with Crippen LogP contribution in [0.1, 0.15) is 44.0 Å². The third kappa shape index (κ3) is 4.98. The first-order valence-electron chi connectivity index (χ1n) is 8.70. The fourth-order valence-electron chi connectivity index (χ4n) is 2.78. The van der Waals surface area contributed by atoms with Gasteiger partial charge in [0.25, 0.3) is 5.91 Å². The monoisotopic (exact) mass is 333 g/mol. The minimum absolute atomic E-state index is 0.0565. The number of hydrogen-bond acceptors (Lipinski definition) is 4. The van der Waals surface area contributed by atoms with E-state index in [9.17, 15) is 9.59 Å². The lowest BCUT2D eigenvalue weighted by molar-refractivity contribution is -0.149. The Morgan fingerprint density at radius 1 is 1.33 bits per heavy atom. The zero-order chi connectivity index (χ0) is 17.5. The first-order valence-corrected chi connectivity index (χ1v) is 8.70. The van der Waals surface area contributed by atoms with Crippen molar-refractivity contribution in [2.45, 2.75) is 33.6 Å². The number of likely N-dealkylation sites (tertiary alicyclic amines) is 1. The highest BCUT2D eigenvalue weighted by atomic mass is 16.5. The van der Waals surface area contributed by atoms with Crippen LogP contribution in [0.2, 0.25) is 0 Å². The Morgan fingerprint density at radius 3 is 2.83 bits per heavy atom. The van der Waals surface area contributed by atoms with E-state index in [2.05, 4.69) is 13.8 Å². The van der Waals surface area contributed by atoms with Crippen molar-refractivity contribution in [3.8, 4) is 5.75 Å². The highest BCUT2D eigenvalue weighted by Crippen LogP contribution is 2.22. The summed E-state index contributed by atoms with van der Waals surface area (Å²) in [5.41, 5.74) is 0.598. The smallest absolute Gasteiger partial charge is 0.310 e. The number of benzene rings is 1. The second-order valence-electron chi connectivity index (χ2n) is 6.58. The SMILES string of the molecule is CCOC(=O)C1CCCN(C(=O)c2cccc(OCC(C)C)c2)C1. The number of carbonyl (C=O) groups is 2. The Bertz CT molecular complexity index is 570. The molecule has 2 rings (SSSR count). The van der Waals surface area contributed by atoms with Gasteiger partial charge in [0.2, 0.25) is 0 Å². The maximum atomic E-state index is 12.7. The number of esters is 1. The van der Waals surface area contributed by atoms with E-state index in [-0.39, 0.29) is 17.8 Å². The molecule has 0 saturated carbocycles. The summed E-state index contributed by atoms with van der Waals surface area (Å²) >= 11 is 0. The molecule has 1 saturated heterocycles. The second kappa shape index (κ2) is 8.71. The third-order valence-electron chi connectivity index (χ3n) is 3.99. The predicted molar refractivity (Wildman–Crippen MR) is 92.0 cm³/mol. The first kappa shape index (κ1) is 18.3. The van der Waals surface area contributed by atoms with Crippen LogP contribution >= 0.6 is 0 Å². The fourth-order valence-corrected chi connectivity index (χ4v) is 2.78. The Labute approximate surface area is 143 Å². The molecule has 0 bridgehead atoms. The van der Waals surface area contributed by atoms with Gasteiger partial charge in [-0.1, -0.05) is 19.9 Å². The molecule has 1 unspecified atom stereocenters. The van der Waals surface area contributed by atoms with Crippen molar-refractivity contribution >= 4 is 11.9 Å². The number of nitrogens with zero attached hydrogens (tertiary/aromatic N) is 1. The summed E-state index contributed by atoms with van der Waals surface area (Å²) in [6.07, 6.45) is 1.60. The minimum atomic E-state index is -0.219. The molecular weight excluding hydrogens is 306 g/mol. The topological polar surface area (TPSA) is 55.8 Å². The standard InChI is InChI=1S/C19H27NO4/c1-4-23-19(22)16-8-6-10-20(12-16)18(21)15-7-5-9-17(11-15)24-13-14(2)3/h5,7,9,11,14,16H,4,6,8,10,12-13H2,1-3H3. The summed E-state index contributed by atoms with van der Waals surface area (Å²) in [5, 5.41) is 0. The van der Waals surface area contributed by atoms with Crippen LogP contribution in [0.3, 0.4) is 0 Å². The molecule has 0 radical (unpaired) electrons. The lowest BCUT2D eigenvalue weighted by Crippen LogP contribution is -2.42. The molecule has 1 aromatic rings. The van der Waals surface area contributed by atoms with Crippen molar-refractivity contribution in [2.24, 2.45) is 11.8 Å². The number of carbonyl (C=O) groups excluding carboxylic acids is 2. The van der Waals surface area contributed by atoms with Gasteiger partial charge in [-0.15, -0.1) is 0 Å². The van der Waals surface area contributed by atoms with Gasteiger partial charge in [0.05, 0.1) is 19.1 Å². The summed E-state index contributed by atoms with van der Waals surface area (Å²) in [7, 11) is 0. The molecule has 132 valence electrons. The molecule has 0 N–H and O–H groups in total. The van der Waals surface area contributed by atoms with Crippen LogP contribution in [-0.2, 0) is 9.53 Å². The Morgan fingerprint density at radius 2 is 2.12 bits per heavy atom. The molecular formula is C19H27NO4. The average Bonchev–Trinajstić information content (AvgIpc) is 2.60. The molecule has 1 heterocycles. The van der Waals surface area contributed by atoms with Gasteiger partial charge in [-0.3, -0.25) is 9.59 Å². The quantitative estimate of drug-likeness (QED) is 0.751. The van der Waals surface area contributed by atoms with E-state index in [1.54, 1.807) is 24.0 Å². The van der Waals surface area contributed by atoms with Gasteiger partial charge in [0.15, 0.2) is 0 Å². The number of amides is 1. The van der Waals surface area contributed by atoms with Crippen LogP contribution in [0.4, 0.5) is 0 Å². The molecule has 1 atom stereocenters. The number of piperidine rings is 1. The second-order valence-corrected chi connectivity index (χ2v) is 6.58. The van der Waals surface area contributed by atoms with E-state index in [0.717, 1.165) is 12.8 Å². The molecule has 1 fully saturated rings. The molecule has 0 spiro atoms. The van der Waals surface area contributed by atoms with Crippen LogP contribution in [0, 0.1) is 11.8 Å². The lowest BCUT2D eigenvalue weighted by Gasteiger charge is -2.31. The maximum absolute atomic E-state index is 12.7. The van der Waals surface area contributed by atoms with Crippen molar-refractivity contribution in [3.63, 3.8) is 0 Å². The molecule has 1 aliphatic heterocycles. The molecule has 24 heavy (non-hydrogen) atoms. The molecule has 0 aliphatic carbocycles. The molecule has 0 aromatic heterocycles. The zero-order valence-corrected chi connectivity index (χ0v) is 14.8. The van der Waals surface area contributed by atoms with Crippen molar-refractivity contribution in [2.75, 3.05) is 26.3 Å². The van der Waals surface area contributed by atoms with E-state index >= 15 is 0 Å². The van der Waals surface area contributed by atoms with Crippen molar-refractivity contribution in [1.29, 1.82) is 0 Å². The van der Waals surface area contributed by atoms with E-state index < -0.39 is 0 Å². The molecule has 1 aromatic carbocycles. The minimum Gasteiger partial charge on any atom is -0.493 e. The maximum Gasteiger partial charge on any atom is 0.310 e. The van der Waals surface area contributed by atoms with Gasteiger partial charge < -0.3 is 14.4 Å². The summed E-state index contributed by atoms with van der Waals surface area (Å²) in [5.74, 6) is 0.649. The number of hydrogen-bond donors (Lipinski definition) is 0. The Kier molecular flexibility index (Phi) is 6.64. The Balaban J connectivity index is 2.02. The van der Waals surface area contributed by atoms with Crippen molar-refractivity contribution in [3.05, 3.63) is 29.8 Å². The predicted octanol–water partition coefficient (Wildman–Crippen LogP) is 3.14. The van der Waals surface area contributed by atoms with Gasteiger partial charge >= 0.3 is 5.97 Å².